The molecule has 0 aromatic heterocycles. The quantitative estimate of drug-likeness (QED) is 0.294. The van der Waals surface area contributed by atoms with E-state index in [4.69, 9.17) is 8.42 Å². The summed E-state index contributed by atoms with van der Waals surface area (Å²) in [5, 5.41) is -2.81. The second kappa shape index (κ2) is 4.87. The van der Waals surface area contributed by atoms with E-state index in [0.29, 0.717) is 0 Å². The van der Waals surface area contributed by atoms with Gasteiger partial charge in [0.15, 0.2) is 0 Å². The molecule has 0 unspecified atom stereocenters. The van der Waals surface area contributed by atoms with E-state index in [2.05, 4.69) is 0 Å². The van der Waals surface area contributed by atoms with Crippen LogP contribution in [-0.4, -0.2) is 25.6 Å². The molecule has 0 aliphatic carbocycles. The van der Waals surface area contributed by atoms with E-state index in [1.54, 1.807) is 0 Å². The standard InChI is InChI=1S/CF5N.CF4O2S/c2-1(3,4)7(5)6;2-1(3,4)8(5,6)7. The average Bonchev–Trinajstić information content (AvgIpc) is 1.80. The van der Waals surface area contributed by atoms with Crippen LogP contribution in [0.2, 0.25) is 0 Å². The van der Waals surface area contributed by atoms with E-state index in [1.807, 2.05) is 0 Å². The Kier molecular flexibility index (Phi) is 5.42. The molecule has 0 N–H and O–H groups in total. The first-order valence-electron chi connectivity index (χ1n) is 2.39. The molecule has 0 fully saturated rings. The van der Waals surface area contributed by atoms with Crippen LogP contribution in [-0.2, 0) is 10.2 Å². The van der Waals surface area contributed by atoms with Crippen molar-refractivity contribution in [2.45, 2.75) is 11.8 Å². The zero-order chi connectivity index (χ0) is 13.1. The van der Waals surface area contributed by atoms with Gasteiger partial charge in [0, 0.05) is 0 Å². The fourth-order valence-corrected chi connectivity index (χ4v) is 0. The van der Waals surface area contributed by atoms with Crippen molar-refractivity contribution in [2.24, 2.45) is 0 Å². The molecule has 0 radical (unpaired) electrons. The van der Waals surface area contributed by atoms with Gasteiger partial charge in [-0.15, -0.1) is 0 Å². The lowest BCUT2D eigenvalue weighted by Crippen LogP contribution is -2.22. The van der Waals surface area contributed by atoms with Crippen molar-refractivity contribution in [2.75, 3.05) is 0 Å². The number of halogens is 9. The van der Waals surface area contributed by atoms with Crippen LogP contribution in [0.4, 0.5) is 39.2 Å². The Morgan fingerprint density at radius 1 is 0.867 bits per heavy atom. The van der Waals surface area contributed by atoms with Crippen molar-refractivity contribution in [3.05, 3.63) is 0 Å². The molecule has 0 bridgehead atoms. The second-order valence-electron chi connectivity index (χ2n) is 1.58. The Bertz CT molecular complexity index is 273. The maximum absolute atomic E-state index is 10.7. The molecular weight excluding hydrogens is 273 g/mol. The third-order valence-corrected chi connectivity index (χ3v) is 1.02. The maximum atomic E-state index is 10.7. The highest BCUT2D eigenvalue weighted by Gasteiger charge is 2.46. The van der Waals surface area contributed by atoms with Gasteiger partial charge in [-0.1, -0.05) is 12.8 Å². The van der Waals surface area contributed by atoms with Gasteiger partial charge in [-0.3, -0.25) is 0 Å². The van der Waals surface area contributed by atoms with Crippen molar-refractivity contribution in [3.63, 3.8) is 0 Å². The lowest BCUT2D eigenvalue weighted by Gasteiger charge is -2.01. The molecule has 0 heterocycles. The largest absolute Gasteiger partial charge is 0.527 e. The molecule has 0 aromatic rings. The molecule has 0 aliphatic rings. The van der Waals surface area contributed by atoms with E-state index in [-0.39, 0.29) is 0 Å². The summed E-state index contributed by atoms with van der Waals surface area (Å²) in [6, 6.07) is 0. The number of rotatable bonds is 0. The van der Waals surface area contributed by atoms with E-state index in [1.165, 1.54) is 0 Å². The van der Waals surface area contributed by atoms with E-state index < -0.39 is 27.4 Å². The molecule has 0 saturated carbocycles. The van der Waals surface area contributed by atoms with Gasteiger partial charge in [0.1, 0.15) is 5.34 Å². The smallest absolute Gasteiger partial charge is 0.185 e. The van der Waals surface area contributed by atoms with Crippen LogP contribution in [0.5, 0.6) is 0 Å². The lowest BCUT2D eigenvalue weighted by molar-refractivity contribution is -0.389. The SMILES string of the molecule is FN(F)C(F)(F)F.O=S(=O)(F)C(F)(F)F. The predicted octanol–water partition coefficient (Wildman–Crippen LogP) is 2.38. The van der Waals surface area contributed by atoms with Gasteiger partial charge in [-0.25, -0.2) is 0 Å². The zero-order valence-corrected chi connectivity index (χ0v) is 6.89. The van der Waals surface area contributed by atoms with Crippen molar-refractivity contribution >= 4 is 10.2 Å². The third-order valence-electron chi connectivity index (χ3n) is 0.468. The van der Waals surface area contributed by atoms with Crippen LogP contribution in [0.15, 0.2) is 0 Å². The Morgan fingerprint density at radius 2 is 1.00 bits per heavy atom. The molecule has 94 valence electrons. The summed E-state index contributed by atoms with van der Waals surface area (Å²) in [4.78, 5) is 0. The molecule has 0 saturated heterocycles. The van der Waals surface area contributed by atoms with Crippen molar-refractivity contribution in [3.8, 4) is 0 Å². The fourth-order valence-electron chi connectivity index (χ4n) is 0. The Hall–Kier alpha value is -0.720. The first kappa shape index (κ1) is 16.7. The summed E-state index contributed by atoms with van der Waals surface area (Å²) in [7, 11) is -6.34. The maximum Gasteiger partial charge on any atom is 0.527 e. The molecule has 0 aromatic carbocycles. The Labute approximate surface area is 76.2 Å². The summed E-state index contributed by atoms with van der Waals surface area (Å²) >= 11 is 0. The second-order valence-corrected chi connectivity index (χ2v) is 2.92. The summed E-state index contributed by atoms with van der Waals surface area (Å²) in [5.74, 6) is 0. The highest BCUT2D eigenvalue weighted by molar-refractivity contribution is 7.87. The van der Waals surface area contributed by atoms with Gasteiger partial charge in [0.25, 0.3) is 0 Å². The first-order valence-corrected chi connectivity index (χ1v) is 3.77. The fraction of sp³-hybridized carbons (Fsp3) is 1.00. The lowest BCUT2D eigenvalue weighted by atomic mass is 11.2. The highest BCUT2D eigenvalue weighted by Crippen LogP contribution is 2.23. The van der Waals surface area contributed by atoms with Gasteiger partial charge < -0.3 is 0 Å². The first-order chi connectivity index (χ1) is 6.19. The zero-order valence-electron chi connectivity index (χ0n) is 6.07. The molecule has 0 aliphatic heterocycles. The molecule has 0 amide bonds. The summed E-state index contributed by atoms with van der Waals surface area (Å²) in [6.45, 7) is 0. The third kappa shape index (κ3) is 8.29. The summed E-state index contributed by atoms with van der Waals surface area (Å²) in [5.41, 5.74) is -5.76. The number of alkyl halides is 6. The monoisotopic (exact) mass is 273 g/mol. The predicted molar refractivity (Wildman–Crippen MR) is 26.2 cm³/mol. The highest BCUT2D eigenvalue weighted by atomic mass is 32.3. The normalized spacial score (nSPS) is 13.5. The van der Waals surface area contributed by atoms with Crippen molar-refractivity contribution in [1.29, 1.82) is 0 Å². The van der Waals surface area contributed by atoms with E-state index in [0.717, 1.165) is 0 Å². The minimum absolute atomic E-state index is 2.81. The van der Waals surface area contributed by atoms with Gasteiger partial charge in [-0.2, -0.15) is 34.8 Å². The van der Waals surface area contributed by atoms with Crippen molar-refractivity contribution in [1.82, 2.24) is 5.34 Å². The van der Waals surface area contributed by atoms with Crippen LogP contribution in [0, 0.1) is 0 Å². The van der Waals surface area contributed by atoms with Crippen LogP contribution in [0.1, 0.15) is 0 Å². The average molecular weight is 273 g/mol. The molecule has 13 heteroatoms. The molecule has 0 rings (SSSR count). The topological polar surface area (TPSA) is 37.4 Å². The molecule has 15 heavy (non-hydrogen) atoms. The molecule has 0 spiro atoms. The van der Waals surface area contributed by atoms with E-state index >= 15 is 0 Å². The van der Waals surface area contributed by atoms with Crippen LogP contribution >= 0.6 is 0 Å². The Morgan fingerprint density at radius 3 is 1.00 bits per heavy atom. The van der Waals surface area contributed by atoms with Gasteiger partial charge in [0.2, 0.25) is 0 Å². The van der Waals surface area contributed by atoms with Crippen LogP contribution in [0.25, 0.3) is 0 Å². The number of nitrogens with zero attached hydrogens (tertiary/aromatic N) is 1. The minimum atomic E-state index is -6.34. The Balaban J connectivity index is 0. The van der Waals surface area contributed by atoms with Crippen LogP contribution in [0.3, 0.4) is 0 Å². The van der Waals surface area contributed by atoms with Gasteiger partial charge in [0.05, 0.1) is 0 Å². The molecular formula is C2F9NO2S. The number of hydrogen-bond donors (Lipinski definition) is 0. The summed E-state index contributed by atoms with van der Waals surface area (Å²) in [6.07, 6.45) is -5.50. The minimum Gasteiger partial charge on any atom is -0.185 e. The summed E-state index contributed by atoms with van der Waals surface area (Å²) < 4.78 is 112. The van der Waals surface area contributed by atoms with E-state index in [9.17, 15) is 39.2 Å². The molecule has 0 atom stereocenters. The van der Waals surface area contributed by atoms with Gasteiger partial charge >= 0.3 is 22.0 Å². The number of hydrogen-bond acceptors (Lipinski definition) is 3. The molecule has 3 nitrogen and oxygen atoms in total. The van der Waals surface area contributed by atoms with Gasteiger partial charge in [-0.05, 0) is 0 Å². The van der Waals surface area contributed by atoms with Crippen molar-refractivity contribution < 1.29 is 47.6 Å². The van der Waals surface area contributed by atoms with Crippen LogP contribution < -0.4 is 0 Å².